The summed E-state index contributed by atoms with van der Waals surface area (Å²) in [5, 5.41) is 3.81. The largest absolute Gasteiger partial charge is 0.461 e. The summed E-state index contributed by atoms with van der Waals surface area (Å²) in [5.41, 5.74) is 2.32. The number of nitrogens with one attached hydrogen (secondary N) is 1. The molecule has 0 atom stereocenters. The monoisotopic (exact) mass is 359 g/mol. The number of rotatable bonds is 4. The van der Waals surface area contributed by atoms with Gasteiger partial charge in [-0.05, 0) is 36.8 Å². The zero-order valence-corrected chi connectivity index (χ0v) is 14.5. The molecule has 0 saturated carbocycles. The first-order valence-corrected chi connectivity index (χ1v) is 8.18. The average molecular weight is 360 g/mol. The van der Waals surface area contributed by atoms with E-state index in [4.69, 9.17) is 27.6 Å². The summed E-state index contributed by atoms with van der Waals surface area (Å²) in [6.45, 7) is 2.23. The molecule has 3 aromatic rings. The van der Waals surface area contributed by atoms with E-state index in [9.17, 15) is 4.79 Å². The van der Waals surface area contributed by atoms with E-state index in [0.29, 0.717) is 33.7 Å². The Morgan fingerprint density at radius 1 is 1.04 bits per heavy atom. The van der Waals surface area contributed by atoms with E-state index < -0.39 is 0 Å². The molecule has 0 bridgehead atoms. The molecular formula is C19H15Cl2NO2. The number of furan rings is 1. The molecular weight excluding hydrogens is 345 g/mol. The van der Waals surface area contributed by atoms with Gasteiger partial charge in [0.05, 0.1) is 15.6 Å². The first-order valence-electron chi connectivity index (χ1n) is 7.42. The Bertz CT molecular complexity index is 872. The van der Waals surface area contributed by atoms with Crippen LogP contribution >= 0.6 is 23.2 Å². The van der Waals surface area contributed by atoms with Crippen LogP contribution in [0.2, 0.25) is 10.0 Å². The van der Waals surface area contributed by atoms with Gasteiger partial charge in [0.25, 0.3) is 5.91 Å². The third kappa shape index (κ3) is 3.64. The third-order valence-electron chi connectivity index (χ3n) is 3.66. The molecule has 1 amide bonds. The van der Waals surface area contributed by atoms with E-state index in [1.54, 1.807) is 31.2 Å². The van der Waals surface area contributed by atoms with Crippen molar-refractivity contribution in [1.82, 2.24) is 5.32 Å². The Balaban J connectivity index is 1.78. The molecule has 5 heteroatoms. The molecule has 24 heavy (non-hydrogen) atoms. The molecule has 3 nitrogen and oxygen atoms in total. The van der Waals surface area contributed by atoms with Gasteiger partial charge in [-0.1, -0.05) is 53.5 Å². The summed E-state index contributed by atoms with van der Waals surface area (Å²) in [6.07, 6.45) is 0. The Labute approximate surface area is 150 Å². The lowest BCUT2D eigenvalue weighted by Gasteiger charge is -2.03. The van der Waals surface area contributed by atoms with E-state index in [1.807, 2.05) is 30.3 Å². The summed E-state index contributed by atoms with van der Waals surface area (Å²) in [5.74, 6) is 0.962. The minimum Gasteiger partial charge on any atom is -0.461 e. The van der Waals surface area contributed by atoms with Gasteiger partial charge >= 0.3 is 0 Å². The molecule has 1 aromatic heterocycles. The summed E-state index contributed by atoms with van der Waals surface area (Å²) >= 11 is 12.0. The predicted octanol–water partition coefficient (Wildman–Crippen LogP) is 5.49. The molecule has 0 radical (unpaired) electrons. The van der Waals surface area contributed by atoms with Gasteiger partial charge in [0.1, 0.15) is 11.5 Å². The van der Waals surface area contributed by atoms with E-state index in [0.717, 1.165) is 11.1 Å². The van der Waals surface area contributed by atoms with Gasteiger partial charge in [-0.25, -0.2) is 0 Å². The van der Waals surface area contributed by atoms with Gasteiger partial charge < -0.3 is 9.73 Å². The number of carbonyl (C=O) groups excluding carboxylic acids is 1. The maximum absolute atomic E-state index is 12.4. The normalized spacial score (nSPS) is 10.6. The van der Waals surface area contributed by atoms with Gasteiger partial charge in [0.15, 0.2) is 0 Å². The summed E-state index contributed by atoms with van der Waals surface area (Å²) < 4.78 is 5.71. The van der Waals surface area contributed by atoms with Crippen molar-refractivity contribution in [2.75, 3.05) is 0 Å². The van der Waals surface area contributed by atoms with Crippen molar-refractivity contribution in [1.29, 1.82) is 0 Å². The van der Waals surface area contributed by atoms with E-state index in [1.165, 1.54) is 0 Å². The Kier molecular flexibility index (Phi) is 4.93. The second-order valence-corrected chi connectivity index (χ2v) is 6.19. The van der Waals surface area contributed by atoms with Crippen molar-refractivity contribution < 1.29 is 9.21 Å². The number of benzene rings is 2. The second kappa shape index (κ2) is 7.12. The van der Waals surface area contributed by atoms with Crippen LogP contribution in [0, 0.1) is 6.92 Å². The summed E-state index contributed by atoms with van der Waals surface area (Å²) in [6, 6.07) is 16.7. The van der Waals surface area contributed by atoms with Crippen LogP contribution in [0.25, 0.3) is 11.3 Å². The highest BCUT2D eigenvalue weighted by Gasteiger charge is 2.16. The molecule has 0 aliphatic heterocycles. The minimum atomic E-state index is -0.175. The SMILES string of the molecule is Cc1oc(-c2ccc(Cl)c(Cl)c2)cc1C(=O)NCc1ccccc1. The molecule has 0 saturated heterocycles. The molecule has 0 spiro atoms. The van der Waals surface area contributed by atoms with Gasteiger partial charge in [-0.15, -0.1) is 0 Å². The quantitative estimate of drug-likeness (QED) is 0.668. The molecule has 0 aliphatic carbocycles. The topological polar surface area (TPSA) is 42.2 Å². The fourth-order valence-corrected chi connectivity index (χ4v) is 2.67. The van der Waals surface area contributed by atoms with Crippen LogP contribution < -0.4 is 5.32 Å². The average Bonchev–Trinajstić information content (AvgIpc) is 2.98. The van der Waals surface area contributed by atoms with Gasteiger partial charge in [0.2, 0.25) is 0 Å². The molecule has 0 fully saturated rings. The van der Waals surface area contributed by atoms with Gasteiger partial charge in [-0.3, -0.25) is 4.79 Å². The number of carbonyl (C=O) groups is 1. The Morgan fingerprint density at radius 2 is 1.79 bits per heavy atom. The lowest BCUT2D eigenvalue weighted by molar-refractivity contribution is 0.0949. The first kappa shape index (κ1) is 16.6. The van der Waals surface area contributed by atoms with E-state index in [-0.39, 0.29) is 5.91 Å². The fraction of sp³-hybridized carbons (Fsp3) is 0.105. The maximum atomic E-state index is 12.4. The third-order valence-corrected chi connectivity index (χ3v) is 4.40. The van der Waals surface area contributed by atoms with Crippen LogP contribution in [-0.2, 0) is 6.54 Å². The van der Waals surface area contributed by atoms with Crippen molar-refractivity contribution in [3.8, 4) is 11.3 Å². The minimum absolute atomic E-state index is 0.175. The van der Waals surface area contributed by atoms with Crippen molar-refractivity contribution in [2.24, 2.45) is 0 Å². The molecule has 3 rings (SSSR count). The van der Waals surface area contributed by atoms with E-state index >= 15 is 0 Å². The maximum Gasteiger partial charge on any atom is 0.255 e. The summed E-state index contributed by atoms with van der Waals surface area (Å²) in [4.78, 5) is 12.4. The van der Waals surface area contributed by atoms with Crippen LogP contribution in [-0.4, -0.2) is 5.91 Å². The number of hydrogen-bond donors (Lipinski definition) is 1. The lowest BCUT2D eigenvalue weighted by atomic mass is 10.1. The number of halogens is 2. The summed E-state index contributed by atoms with van der Waals surface area (Å²) in [7, 11) is 0. The number of amides is 1. The number of hydrogen-bond acceptors (Lipinski definition) is 2. The van der Waals surface area contributed by atoms with Crippen molar-refractivity contribution in [2.45, 2.75) is 13.5 Å². The zero-order valence-electron chi connectivity index (χ0n) is 13.0. The van der Waals surface area contributed by atoms with Crippen molar-refractivity contribution in [3.05, 3.63) is 81.5 Å². The van der Waals surface area contributed by atoms with Crippen molar-refractivity contribution in [3.63, 3.8) is 0 Å². The first-order chi connectivity index (χ1) is 11.5. The predicted molar refractivity (Wildman–Crippen MR) is 96.5 cm³/mol. The smallest absolute Gasteiger partial charge is 0.255 e. The van der Waals surface area contributed by atoms with Crippen LogP contribution in [0.15, 0.2) is 59.0 Å². The fourth-order valence-electron chi connectivity index (χ4n) is 2.37. The highest BCUT2D eigenvalue weighted by Crippen LogP contribution is 2.31. The van der Waals surface area contributed by atoms with E-state index in [2.05, 4.69) is 5.32 Å². The number of aryl methyl sites for hydroxylation is 1. The molecule has 1 N–H and O–H groups in total. The lowest BCUT2D eigenvalue weighted by Crippen LogP contribution is -2.22. The van der Waals surface area contributed by atoms with Crippen LogP contribution in [0.5, 0.6) is 0 Å². The van der Waals surface area contributed by atoms with Gasteiger partial charge in [0, 0.05) is 12.1 Å². The molecule has 0 aliphatic rings. The van der Waals surface area contributed by atoms with Crippen molar-refractivity contribution >= 4 is 29.1 Å². The molecule has 2 aromatic carbocycles. The second-order valence-electron chi connectivity index (χ2n) is 5.38. The zero-order chi connectivity index (χ0) is 17.1. The van der Waals surface area contributed by atoms with Crippen LogP contribution in [0.1, 0.15) is 21.7 Å². The molecule has 1 heterocycles. The molecule has 122 valence electrons. The Morgan fingerprint density at radius 3 is 2.50 bits per heavy atom. The highest BCUT2D eigenvalue weighted by molar-refractivity contribution is 6.42. The van der Waals surface area contributed by atoms with Crippen LogP contribution in [0.4, 0.5) is 0 Å². The highest BCUT2D eigenvalue weighted by atomic mass is 35.5. The Hall–Kier alpha value is -2.23. The standard InChI is InChI=1S/C19H15Cl2NO2/c1-12-15(19(23)22-11-13-5-3-2-4-6-13)10-18(24-12)14-7-8-16(20)17(21)9-14/h2-10H,11H2,1H3,(H,22,23). The molecule has 0 unspecified atom stereocenters. The van der Waals surface area contributed by atoms with Crippen LogP contribution in [0.3, 0.4) is 0 Å². The van der Waals surface area contributed by atoms with Gasteiger partial charge in [-0.2, -0.15) is 0 Å².